The van der Waals surface area contributed by atoms with Crippen molar-refractivity contribution in [1.29, 1.82) is 0 Å². The summed E-state index contributed by atoms with van der Waals surface area (Å²) in [6, 6.07) is 7.43. The molecule has 0 saturated carbocycles. The van der Waals surface area contributed by atoms with Gasteiger partial charge in [0.2, 0.25) is 5.82 Å². The molecule has 4 nitrogen and oxygen atoms in total. The van der Waals surface area contributed by atoms with Crippen LogP contribution in [-0.4, -0.2) is 11.5 Å². The van der Waals surface area contributed by atoms with Gasteiger partial charge in [0.1, 0.15) is 11.6 Å². The Kier molecular flexibility index (Phi) is 4.70. The molecule has 2 rings (SSSR count). The van der Waals surface area contributed by atoms with E-state index in [1.165, 1.54) is 24.3 Å². The fourth-order valence-electron chi connectivity index (χ4n) is 1.72. The summed E-state index contributed by atoms with van der Waals surface area (Å²) in [5.74, 6) is -0.892. The van der Waals surface area contributed by atoms with Gasteiger partial charge in [-0.2, -0.15) is 4.39 Å². The lowest BCUT2D eigenvalue weighted by molar-refractivity contribution is -0.387. The maximum absolute atomic E-state index is 13.3. The molecule has 0 aliphatic heterocycles. The Balaban J connectivity index is 2.04. The summed E-state index contributed by atoms with van der Waals surface area (Å²) in [4.78, 5) is 9.86. The Morgan fingerprint density at radius 3 is 2.48 bits per heavy atom. The van der Waals surface area contributed by atoms with Gasteiger partial charge in [-0.1, -0.05) is 11.6 Å². The van der Waals surface area contributed by atoms with Crippen LogP contribution < -0.4 is 4.74 Å². The van der Waals surface area contributed by atoms with Crippen molar-refractivity contribution in [2.75, 3.05) is 6.61 Å². The molecular formula is C14H10ClF2NO3. The first kappa shape index (κ1) is 15.2. The van der Waals surface area contributed by atoms with Crippen LogP contribution in [0.1, 0.15) is 5.56 Å². The van der Waals surface area contributed by atoms with Crippen molar-refractivity contribution < 1.29 is 18.4 Å². The van der Waals surface area contributed by atoms with E-state index in [9.17, 15) is 18.9 Å². The van der Waals surface area contributed by atoms with Crippen LogP contribution in [0.5, 0.6) is 5.75 Å². The molecule has 0 heterocycles. The first-order valence-electron chi connectivity index (χ1n) is 5.98. The number of nitro benzene ring substituents is 1. The van der Waals surface area contributed by atoms with Gasteiger partial charge < -0.3 is 4.74 Å². The maximum Gasteiger partial charge on any atom is 0.305 e. The van der Waals surface area contributed by atoms with Gasteiger partial charge in [-0.25, -0.2) is 4.39 Å². The Morgan fingerprint density at radius 1 is 1.19 bits per heavy atom. The summed E-state index contributed by atoms with van der Waals surface area (Å²) in [5, 5.41) is 10.8. The normalized spacial score (nSPS) is 10.4. The zero-order valence-electron chi connectivity index (χ0n) is 10.7. The molecular weight excluding hydrogens is 304 g/mol. The smallest absolute Gasteiger partial charge is 0.305 e. The quantitative estimate of drug-likeness (QED) is 0.615. The predicted molar refractivity (Wildman–Crippen MR) is 73.7 cm³/mol. The van der Waals surface area contributed by atoms with Crippen LogP contribution in [0.3, 0.4) is 0 Å². The molecule has 0 aromatic heterocycles. The van der Waals surface area contributed by atoms with Gasteiger partial charge in [0.25, 0.3) is 0 Å². The first-order chi connectivity index (χ1) is 9.97. The van der Waals surface area contributed by atoms with Gasteiger partial charge in [0.15, 0.2) is 0 Å². The molecule has 2 aromatic rings. The van der Waals surface area contributed by atoms with Crippen molar-refractivity contribution in [3.05, 3.63) is 68.7 Å². The molecule has 0 saturated heterocycles. The van der Waals surface area contributed by atoms with E-state index < -0.39 is 16.4 Å². The van der Waals surface area contributed by atoms with Gasteiger partial charge in [0.05, 0.1) is 11.5 Å². The van der Waals surface area contributed by atoms with E-state index in [-0.39, 0.29) is 23.9 Å². The summed E-state index contributed by atoms with van der Waals surface area (Å²) in [5.41, 5.74) is -0.219. The molecule has 0 atom stereocenters. The number of hydrogen-bond donors (Lipinski definition) is 0. The molecule has 0 aliphatic rings. The lowest BCUT2D eigenvalue weighted by Gasteiger charge is -2.08. The Bertz CT molecular complexity index is 662. The maximum atomic E-state index is 13.3. The molecule has 0 bridgehead atoms. The third kappa shape index (κ3) is 3.88. The molecule has 7 heteroatoms. The van der Waals surface area contributed by atoms with Crippen molar-refractivity contribution in [1.82, 2.24) is 0 Å². The summed E-state index contributed by atoms with van der Waals surface area (Å²) >= 11 is 5.84. The average molecular weight is 314 g/mol. The largest absolute Gasteiger partial charge is 0.493 e. The fourth-order valence-corrected chi connectivity index (χ4v) is 1.97. The molecule has 0 amide bonds. The predicted octanol–water partition coefficient (Wildman–Crippen LogP) is 4.15. The van der Waals surface area contributed by atoms with Crippen LogP contribution in [0.2, 0.25) is 5.02 Å². The van der Waals surface area contributed by atoms with Crippen LogP contribution in [0.25, 0.3) is 0 Å². The van der Waals surface area contributed by atoms with Crippen LogP contribution in [0, 0.1) is 21.7 Å². The summed E-state index contributed by atoms with van der Waals surface area (Å²) in [7, 11) is 0. The molecule has 0 unspecified atom stereocenters. The van der Waals surface area contributed by atoms with Gasteiger partial charge >= 0.3 is 5.69 Å². The third-order valence-corrected chi connectivity index (χ3v) is 3.12. The highest BCUT2D eigenvalue weighted by atomic mass is 35.5. The SMILES string of the molecule is O=[N+]([O-])c1cc(CCOc2ccc(F)cc2)c(Cl)cc1F. The number of nitrogens with zero attached hydrogens (tertiary/aromatic N) is 1. The molecule has 0 radical (unpaired) electrons. The number of benzene rings is 2. The highest BCUT2D eigenvalue weighted by Gasteiger charge is 2.17. The van der Waals surface area contributed by atoms with Crippen molar-refractivity contribution in [2.24, 2.45) is 0 Å². The molecule has 0 aliphatic carbocycles. The highest BCUT2D eigenvalue weighted by molar-refractivity contribution is 6.31. The standard InChI is InChI=1S/C14H10ClF2NO3/c15-12-8-13(17)14(18(19)20)7-9(12)5-6-21-11-3-1-10(16)2-4-11/h1-4,7-8H,5-6H2. The van der Waals surface area contributed by atoms with Crippen molar-refractivity contribution in [3.63, 3.8) is 0 Å². The van der Waals surface area contributed by atoms with Crippen LogP contribution in [0.15, 0.2) is 36.4 Å². The topological polar surface area (TPSA) is 52.4 Å². The highest BCUT2D eigenvalue weighted by Crippen LogP contribution is 2.26. The Labute approximate surface area is 124 Å². The number of rotatable bonds is 5. The summed E-state index contributed by atoms with van der Waals surface area (Å²) in [6.07, 6.45) is 0.261. The van der Waals surface area contributed by atoms with Crippen molar-refractivity contribution in [3.8, 4) is 5.75 Å². The summed E-state index contributed by atoms with van der Waals surface area (Å²) < 4.78 is 31.4. The number of hydrogen-bond acceptors (Lipinski definition) is 3. The van der Waals surface area contributed by atoms with Crippen LogP contribution in [0.4, 0.5) is 14.5 Å². The van der Waals surface area contributed by atoms with E-state index in [1.54, 1.807) is 0 Å². The third-order valence-electron chi connectivity index (χ3n) is 2.77. The number of halogens is 3. The monoisotopic (exact) mass is 313 g/mol. The Morgan fingerprint density at radius 2 is 1.86 bits per heavy atom. The van der Waals surface area contributed by atoms with E-state index in [1.807, 2.05) is 0 Å². The summed E-state index contributed by atoms with van der Waals surface area (Å²) in [6.45, 7) is 0.175. The van der Waals surface area contributed by atoms with Crippen LogP contribution in [-0.2, 0) is 6.42 Å². The molecule has 110 valence electrons. The van der Waals surface area contributed by atoms with Gasteiger partial charge in [-0.3, -0.25) is 10.1 Å². The minimum Gasteiger partial charge on any atom is -0.493 e. The average Bonchev–Trinajstić information content (AvgIpc) is 2.43. The van der Waals surface area contributed by atoms with Crippen LogP contribution >= 0.6 is 11.6 Å². The second-order valence-electron chi connectivity index (χ2n) is 4.20. The van der Waals surface area contributed by atoms with E-state index in [4.69, 9.17) is 16.3 Å². The van der Waals surface area contributed by atoms with Gasteiger partial charge in [-0.05, 0) is 35.9 Å². The van der Waals surface area contributed by atoms with E-state index in [0.29, 0.717) is 11.3 Å². The first-order valence-corrected chi connectivity index (χ1v) is 6.36. The Hall–Kier alpha value is -2.21. The minimum absolute atomic E-state index is 0.0980. The van der Waals surface area contributed by atoms with Gasteiger partial charge in [0, 0.05) is 17.5 Å². The lowest BCUT2D eigenvalue weighted by atomic mass is 10.1. The number of nitro groups is 1. The molecule has 21 heavy (non-hydrogen) atoms. The second kappa shape index (κ2) is 6.49. The van der Waals surface area contributed by atoms with E-state index >= 15 is 0 Å². The molecule has 2 aromatic carbocycles. The fraction of sp³-hybridized carbons (Fsp3) is 0.143. The molecule has 0 fully saturated rings. The lowest BCUT2D eigenvalue weighted by Crippen LogP contribution is -2.03. The van der Waals surface area contributed by atoms with Crippen molar-refractivity contribution in [2.45, 2.75) is 6.42 Å². The van der Waals surface area contributed by atoms with E-state index in [2.05, 4.69) is 0 Å². The molecule has 0 N–H and O–H groups in total. The van der Waals surface area contributed by atoms with E-state index in [0.717, 1.165) is 12.1 Å². The molecule has 0 spiro atoms. The zero-order chi connectivity index (χ0) is 15.4. The van der Waals surface area contributed by atoms with Crippen molar-refractivity contribution >= 4 is 17.3 Å². The zero-order valence-corrected chi connectivity index (χ0v) is 11.4. The second-order valence-corrected chi connectivity index (χ2v) is 4.61. The minimum atomic E-state index is -0.979. The number of ether oxygens (including phenoxy) is 1. The van der Waals surface area contributed by atoms with Gasteiger partial charge in [-0.15, -0.1) is 0 Å².